The quantitative estimate of drug-likeness (QED) is 0.662. The molecule has 7 heteroatoms. The van der Waals surface area contributed by atoms with E-state index in [2.05, 4.69) is 0 Å². The molecule has 0 bridgehead atoms. The Bertz CT molecular complexity index is 120. The Balaban J connectivity index is 4.29. The molecule has 0 nitrogen and oxygen atoms in total. The lowest BCUT2D eigenvalue weighted by Gasteiger charge is -2.25. The summed E-state index contributed by atoms with van der Waals surface area (Å²) in [4.78, 5) is -0.505. The van der Waals surface area contributed by atoms with Crippen molar-refractivity contribution < 1.29 is 0 Å². The van der Waals surface area contributed by atoms with Crippen molar-refractivity contribution in [3.8, 4) is 0 Å². The molecular formula is C4HCl7. The lowest BCUT2D eigenvalue weighted by molar-refractivity contribution is 0.907. The first-order valence-electron chi connectivity index (χ1n) is 2.18. The minimum atomic E-state index is -1.66. The van der Waals surface area contributed by atoms with Crippen LogP contribution in [0.25, 0.3) is 0 Å². The molecular weight excluding hydrogens is 296 g/mol. The molecule has 11 heavy (non-hydrogen) atoms. The van der Waals surface area contributed by atoms with Crippen LogP contribution in [0.4, 0.5) is 0 Å². The minimum absolute atomic E-state index is 0.199. The maximum Gasteiger partial charge on any atom is 0.188 e. The van der Waals surface area contributed by atoms with Crippen LogP contribution in [0.1, 0.15) is 0 Å². The molecule has 0 amide bonds. The molecule has 0 saturated carbocycles. The van der Waals surface area contributed by atoms with Gasteiger partial charge in [0.15, 0.2) is 14.0 Å². The highest BCUT2D eigenvalue weighted by Gasteiger charge is 2.44. The molecule has 0 heterocycles. The molecule has 0 aromatic rings. The Morgan fingerprint density at radius 1 is 1.00 bits per heavy atom. The van der Waals surface area contributed by atoms with Crippen molar-refractivity contribution >= 4 is 81.2 Å². The molecule has 2 radical (unpaired) electrons. The van der Waals surface area contributed by atoms with E-state index in [-0.39, 0.29) is 9.67 Å². The maximum atomic E-state index is 5.56. The third-order valence-corrected chi connectivity index (χ3v) is 3.99. The summed E-state index contributed by atoms with van der Waals surface area (Å²) in [5.41, 5.74) is 0. The van der Waals surface area contributed by atoms with Crippen LogP contribution in [0, 0.1) is 9.67 Å². The van der Waals surface area contributed by atoms with Gasteiger partial charge in [0.25, 0.3) is 0 Å². The van der Waals surface area contributed by atoms with Gasteiger partial charge >= 0.3 is 0 Å². The van der Waals surface area contributed by atoms with E-state index in [4.69, 9.17) is 81.2 Å². The van der Waals surface area contributed by atoms with E-state index in [1.807, 2.05) is 0 Å². The van der Waals surface area contributed by atoms with E-state index in [0.29, 0.717) is 0 Å². The largest absolute Gasteiger partial charge is 0.188 e. The molecule has 0 aliphatic carbocycles. The van der Waals surface area contributed by atoms with Crippen LogP contribution in [0.2, 0.25) is 0 Å². The molecule has 66 valence electrons. The minimum Gasteiger partial charge on any atom is -0.116 e. The second kappa shape index (κ2) is 5.05. The summed E-state index contributed by atoms with van der Waals surface area (Å²) < 4.78 is -1.66. The Morgan fingerprint density at radius 3 is 1.45 bits per heavy atom. The number of hydrogen-bond donors (Lipinski definition) is 0. The van der Waals surface area contributed by atoms with Crippen LogP contribution in [-0.4, -0.2) is 9.71 Å². The third kappa shape index (κ3) is 3.72. The Labute approximate surface area is 100.0 Å². The Kier molecular flexibility index (Phi) is 5.98. The smallest absolute Gasteiger partial charge is 0.116 e. The highest BCUT2D eigenvalue weighted by molar-refractivity contribution is 6.69. The first kappa shape index (κ1) is 13.0. The molecule has 1 unspecified atom stereocenters. The fraction of sp³-hybridized carbons (Fsp3) is 0.500. The first-order valence-corrected chi connectivity index (χ1v) is 4.88. The van der Waals surface area contributed by atoms with Gasteiger partial charge in [-0.3, -0.25) is 0 Å². The second-order valence-electron chi connectivity index (χ2n) is 1.54. The van der Waals surface area contributed by atoms with Gasteiger partial charge in [-0.25, -0.2) is 0 Å². The maximum absolute atomic E-state index is 5.56. The molecule has 0 aromatic heterocycles. The molecule has 0 spiro atoms. The van der Waals surface area contributed by atoms with Gasteiger partial charge in [0, 0.05) is 0 Å². The van der Waals surface area contributed by atoms with Crippen LogP contribution < -0.4 is 0 Å². The van der Waals surface area contributed by atoms with Crippen LogP contribution in [0.15, 0.2) is 0 Å². The zero-order valence-corrected chi connectivity index (χ0v) is 10.0. The summed E-state index contributed by atoms with van der Waals surface area (Å²) in [5.74, 6) is 0. The van der Waals surface area contributed by atoms with E-state index >= 15 is 0 Å². The van der Waals surface area contributed by atoms with Crippen molar-refractivity contribution in [3.05, 3.63) is 9.67 Å². The SMILES string of the molecule is Cl[C](Cl)C(Cl)C(Cl)(Cl)[C](Cl)Cl. The van der Waals surface area contributed by atoms with Crippen molar-refractivity contribution in [2.45, 2.75) is 9.71 Å². The monoisotopic (exact) mass is 294 g/mol. The zero-order valence-electron chi connectivity index (χ0n) is 4.72. The molecule has 0 aliphatic rings. The molecule has 0 fully saturated rings. The second-order valence-corrected chi connectivity index (χ2v) is 5.32. The number of hydrogen-bond acceptors (Lipinski definition) is 0. The van der Waals surface area contributed by atoms with Crippen molar-refractivity contribution in [1.82, 2.24) is 0 Å². The van der Waals surface area contributed by atoms with Gasteiger partial charge in [-0.1, -0.05) is 69.6 Å². The van der Waals surface area contributed by atoms with Crippen molar-refractivity contribution in [2.75, 3.05) is 0 Å². The molecule has 0 aromatic carbocycles. The summed E-state index contributed by atoms with van der Waals surface area (Å²) >= 11 is 37.9. The summed E-state index contributed by atoms with van der Waals surface area (Å²) in [5, 5.41) is -1.04. The summed E-state index contributed by atoms with van der Waals surface area (Å²) in [6.07, 6.45) is 0. The normalized spacial score (nSPS) is 16.1. The van der Waals surface area contributed by atoms with Gasteiger partial charge in [0.05, 0.1) is 0 Å². The van der Waals surface area contributed by atoms with Gasteiger partial charge < -0.3 is 0 Å². The summed E-state index contributed by atoms with van der Waals surface area (Å²) in [6.45, 7) is 0. The predicted octanol–water partition coefficient (Wildman–Crippen LogP) is 4.70. The zero-order chi connectivity index (χ0) is 9.23. The summed E-state index contributed by atoms with van der Waals surface area (Å²) in [6, 6.07) is 0. The van der Waals surface area contributed by atoms with E-state index < -0.39 is 9.71 Å². The van der Waals surface area contributed by atoms with Crippen molar-refractivity contribution in [3.63, 3.8) is 0 Å². The molecule has 0 N–H and O–H groups in total. The highest BCUT2D eigenvalue weighted by atomic mass is 35.5. The Morgan fingerprint density at radius 2 is 1.36 bits per heavy atom. The van der Waals surface area contributed by atoms with Gasteiger partial charge in [0.2, 0.25) is 0 Å². The average Bonchev–Trinajstić information content (AvgIpc) is 1.85. The van der Waals surface area contributed by atoms with E-state index in [1.165, 1.54) is 0 Å². The topological polar surface area (TPSA) is 0 Å². The average molecular weight is 297 g/mol. The van der Waals surface area contributed by atoms with Gasteiger partial charge in [-0.15, -0.1) is 11.6 Å². The van der Waals surface area contributed by atoms with Crippen LogP contribution >= 0.6 is 81.2 Å². The fourth-order valence-electron chi connectivity index (χ4n) is 0.233. The molecule has 0 aliphatic heterocycles. The van der Waals surface area contributed by atoms with Crippen LogP contribution in [0.5, 0.6) is 0 Å². The summed E-state index contributed by atoms with van der Waals surface area (Å²) in [7, 11) is 0. The molecule has 0 saturated heterocycles. The van der Waals surface area contributed by atoms with E-state index in [9.17, 15) is 0 Å². The molecule has 1 atom stereocenters. The molecule has 0 rings (SSSR count). The van der Waals surface area contributed by atoms with Crippen molar-refractivity contribution in [1.29, 1.82) is 0 Å². The van der Waals surface area contributed by atoms with E-state index in [1.54, 1.807) is 0 Å². The van der Waals surface area contributed by atoms with Crippen molar-refractivity contribution in [2.24, 2.45) is 0 Å². The third-order valence-electron chi connectivity index (χ3n) is 0.762. The number of alkyl halides is 3. The lowest BCUT2D eigenvalue weighted by Crippen LogP contribution is -2.30. The number of rotatable bonds is 3. The van der Waals surface area contributed by atoms with Crippen LogP contribution in [0.3, 0.4) is 0 Å². The van der Waals surface area contributed by atoms with E-state index in [0.717, 1.165) is 0 Å². The van der Waals surface area contributed by atoms with Gasteiger partial charge in [-0.05, 0) is 0 Å². The first-order chi connectivity index (χ1) is 4.80. The standard InChI is InChI=1S/C4HCl7/c5-1(2(6)7)4(10,11)3(8)9/h1H. The fourth-order valence-corrected chi connectivity index (χ4v) is 1.44. The number of halogens is 7. The van der Waals surface area contributed by atoms with Gasteiger partial charge in [0.1, 0.15) is 5.38 Å². The van der Waals surface area contributed by atoms with Gasteiger partial charge in [-0.2, -0.15) is 0 Å². The predicted molar refractivity (Wildman–Crippen MR) is 54.0 cm³/mol. The highest BCUT2D eigenvalue weighted by Crippen LogP contribution is 2.48. The Hall–Kier alpha value is 2.03. The lowest BCUT2D eigenvalue weighted by atomic mass is 10.3. The van der Waals surface area contributed by atoms with Crippen LogP contribution in [-0.2, 0) is 0 Å².